The first kappa shape index (κ1) is 12.2. The Labute approximate surface area is 112 Å². The zero-order chi connectivity index (χ0) is 11.8. The summed E-state index contributed by atoms with van der Waals surface area (Å²) < 4.78 is 0. The Morgan fingerprint density at radius 3 is 2.38 bits per heavy atom. The number of carbonyl (C=O) groups excluding carboxylic acids is 1. The Balaban J connectivity index is 2.21. The number of halogens is 3. The number of nitrogens with one attached hydrogen (secondary N) is 1. The molecule has 0 unspecified atom stereocenters. The van der Waals surface area contributed by atoms with E-state index < -0.39 is 0 Å². The summed E-state index contributed by atoms with van der Waals surface area (Å²) in [6.45, 7) is 0. The minimum absolute atomic E-state index is 0.0976. The second-order valence-corrected chi connectivity index (χ2v) is 5.34. The van der Waals surface area contributed by atoms with Gasteiger partial charge in [0.25, 0.3) is 5.91 Å². The van der Waals surface area contributed by atoms with Gasteiger partial charge in [-0.3, -0.25) is 4.79 Å². The van der Waals surface area contributed by atoms with E-state index in [1.54, 1.807) is 18.2 Å². The molecule has 0 radical (unpaired) electrons. The van der Waals surface area contributed by atoms with Crippen molar-refractivity contribution in [2.24, 2.45) is 0 Å². The van der Waals surface area contributed by atoms with Gasteiger partial charge in [0.1, 0.15) is 0 Å². The van der Waals surface area contributed by atoms with E-state index >= 15 is 0 Å². The lowest BCUT2D eigenvalue weighted by atomic mass is 10.2. The summed E-state index contributed by atoms with van der Waals surface area (Å²) in [7, 11) is 0. The van der Waals surface area contributed by atoms with Gasteiger partial charge in [-0.2, -0.15) is 0 Å². The smallest absolute Gasteiger partial charge is 0.254 e. The highest BCUT2D eigenvalue weighted by atomic mass is 79.9. The van der Waals surface area contributed by atoms with Crippen molar-refractivity contribution in [3.63, 3.8) is 0 Å². The molecular weight excluding hydrogens is 313 g/mol. The van der Waals surface area contributed by atoms with Crippen LogP contribution in [0, 0.1) is 0 Å². The molecule has 1 aliphatic rings. The summed E-state index contributed by atoms with van der Waals surface area (Å²) in [4.78, 5) is 12.0. The molecule has 0 saturated heterocycles. The highest BCUT2D eigenvalue weighted by Gasteiger charge is 2.43. The second-order valence-electron chi connectivity index (χ2n) is 3.96. The molecule has 2 nitrogen and oxygen atoms in total. The maximum Gasteiger partial charge on any atom is 0.254 e. The predicted octanol–water partition coefficient (Wildman–Crippen LogP) is 3.65. The number of benzene rings is 1. The lowest BCUT2D eigenvalue weighted by molar-refractivity contribution is 0.0937. The van der Waals surface area contributed by atoms with Crippen molar-refractivity contribution in [1.82, 2.24) is 5.32 Å². The van der Waals surface area contributed by atoms with Crippen molar-refractivity contribution in [1.29, 1.82) is 0 Å². The van der Waals surface area contributed by atoms with Gasteiger partial charge in [0.15, 0.2) is 0 Å². The van der Waals surface area contributed by atoms with Gasteiger partial charge < -0.3 is 5.32 Å². The molecule has 0 bridgehead atoms. The van der Waals surface area contributed by atoms with Crippen LogP contribution < -0.4 is 5.32 Å². The highest BCUT2D eigenvalue weighted by molar-refractivity contribution is 9.09. The average molecular weight is 323 g/mol. The summed E-state index contributed by atoms with van der Waals surface area (Å²) in [6, 6.07) is 5.05. The molecule has 0 aromatic heterocycles. The van der Waals surface area contributed by atoms with E-state index in [-0.39, 0.29) is 11.4 Å². The highest BCUT2D eigenvalue weighted by Crippen LogP contribution is 2.37. The molecule has 0 aliphatic heterocycles. The lowest BCUT2D eigenvalue weighted by Gasteiger charge is -2.15. The summed E-state index contributed by atoms with van der Waals surface area (Å²) in [5, 5.41) is 4.49. The normalized spacial score (nSPS) is 16.9. The molecule has 2 rings (SSSR count). The fourth-order valence-electron chi connectivity index (χ4n) is 1.46. The summed E-state index contributed by atoms with van der Waals surface area (Å²) in [5.74, 6) is -0.201. The van der Waals surface area contributed by atoms with Crippen LogP contribution in [-0.2, 0) is 0 Å². The topological polar surface area (TPSA) is 29.1 Å². The van der Waals surface area contributed by atoms with E-state index in [4.69, 9.17) is 23.2 Å². The van der Waals surface area contributed by atoms with Gasteiger partial charge in [-0.25, -0.2) is 0 Å². The molecule has 1 aliphatic carbocycles. The molecule has 1 saturated carbocycles. The van der Waals surface area contributed by atoms with E-state index in [2.05, 4.69) is 21.2 Å². The van der Waals surface area contributed by atoms with E-state index in [1.165, 1.54) is 0 Å². The molecule has 1 fully saturated rings. The van der Waals surface area contributed by atoms with E-state index in [0.29, 0.717) is 15.6 Å². The van der Waals surface area contributed by atoms with Crippen molar-refractivity contribution in [2.75, 3.05) is 5.33 Å². The van der Waals surface area contributed by atoms with Crippen molar-refractivity contribution < 1.29 is 4.79 Å². The van der Waals surface area contributed by atoms with Gasteiger partial charge in [0.2, 0.25) is 0 Å². The third kappa shape index (κ3) is 2.36. The van der Waals surface area contributed by atoms with Crippen molar-refractivity contribution in [3.8, 4) is 0 Å². The Kier molecular flexibility index (Phi) is 3.48. The number of rotatable bonds is 3. The van der Waals surface area contributed by atoms with Crippen LogP contribution in [0.2, 0.25) is 10.0 Å². The van der Waals surface area contributed by atoms with Gasteiger partial charge in [-0.15, -0.1) is 0 Å². The first-order chi connectivity index (χ1) is 7.58. The Hall–Kier alpha value is -0.250. The van der Waals surface area contributed by atoms with Gasteiger partial charge in [-0.1, -0.05) is 45.2 Å². The van der Waals surface area contributed by atoms with Crippen LogP contribution in [0.25, 0.3) is 0 Å². The largest absolute Gasteiger partial charge is 0.346 e. The summed E-state index contributed by atoms with van der Waals surface area (Å²) in [6.07, 6.45) is 1.98. The fraction of sp³-hybridized carbons (Fsp3) is 0.364. The third-order valence-corrected chi connectivity index (χ3v) is 4.38. The quantitative estimate of drug-likeness (QED) is 0.846. The lowest BCUT2D eigenvalue weighted by Crippen LogP contribution is -2.38. The number of amides is 1. The van der Waals surface area contributed by atoms with Crippen molar-refractivity contribution >= 4 is 45.0 Å². The average Bonchev–Trinajstić information content (AvgIpc) is 2.98. The van der Waals surface area contributed by atoms with Gasteiger partial charge in [0.05, 0.1) is 21.1 Å². The number of hydrogen-bond donors (Lipinski definition) is 1. The Morgan fingerprint density at radius 2 is 1.94 bits per heavy atom. The van der Waals surface area contributed by atoms with E-state index in [9.17, 15) is 4.79 Å². The zero-order valence-electron chi connectivity index (χ0n) is 8.40. The Bertz CT molecular complexity index is 412. The fourth-order valence-corrected chi connectivity index (χ4v) is 2.73. The zero-order valence-corrected chi connectivity index (χ0v) is 11.5. The van der Waals surface area contributed by atoms with Crippen LogP contribution >= 0.6 is 39.1 Å². The van der Waals surface area contributed by atoms with Crippen LogP contribution in [0.3, 0.4) is 0 Å². The standard InChI is InChI=1S/C11H10BrCl2NO/c12-6-11(4-5-11)15-10(16)9-7(13)2-1-3-8(9)14/h1-3H,4-6H2,(H,15,16). The molecule has 1 amide bonds. The van der Waals surface area contributed by atoms with Crippen LogP contribution in [0.4, 0.5) is 0 Å². The molecule has 5 heteroatoms. The maximum absolute atomic E-state index is 12.0. The first-order valence-corrected chi connectivity index (χ1v) is 6.78. The third-order valence-electron chi connectivity index (χ3n) is 2.68. The maximum atomic E-state index is 12.0. The van der Waals surface area contributed by atoms with Crippen molar-refractivity contribution in [3.05, 3.63) is 33.8 Å². The molecule has 1 aromatic carbocycles. The summed E-state index contributed by atoms with van der Waals surface area (Å²) in [5.41, 5.74) is 0.262. The molecule has 0 atom stereocenters. The van der Waals surface area contributed by atoms with Crippen LogP contribution in [0.5, 0.6) is 0 Å². The first-order valence-electron chi connectivity index (χ1n) is 4.90. The molecule has 86 valence electrons. The molecule has 16 heavy (non-hydrogen) atoms. The molecule has 0 heterocycles. The van der Waals surface area contributed by atoms with Gasteiger partial charge in [-0.05, 0) is 25.0 Å². The summed E-state index contributed by atoms with van der Waals surface area (Å²) >= 11 is 15.3. The predicted molar refractivity (Wildman–Crippen MR) is 69.7 cm³/mol. The number of hydrogen-bond acceptors (Lipinski definition) is 1. The molecule has 1 N–H and O–H groups in total. The van der Waals surface area contributed by atoms with Gasteiger partial charge >= 0.3 is 0 Å². The Morgan fingerprint density at radius 1 is 1.38 bits per heavy atom. The molecular formula is C11H10BrCl2NO. The van der Waals surface area contributed by atoms with Crippen LogP contribution in [0.1, 0.15) is 23.2 Å². The molecule has 0 spiro atoms. The van der Waals surface area contributed by atoms with E-state index in [1.807, 2.05) is 0 Å². The van der Waals surface area contributed by atoms with Crippen molar-refractivity contribution in [2.45, 2.75) is 18.4 Å². The van der Waals surface area contributed by atoms with Crippen LogP contribution in [0.15, 0.2) is 18.2 Å². The SMILES string of the molecule is O=C(NC1(CBr)CC1)c1c(Cl)cccc1Cl. The monoisotopic (exact) mass is 321 g/mol. The molecule has 1 aromatic rings. The van der Waals surface area contributed by atoms with E-state index in [0.717, 1.165) is 18.2 Å². The number of alkyl halides is 1. The van der Waals surface area contributed by atoms with Crippen LogP contribution in [-0.4, -0.2) is 16.8 Å². The number of carbonyl (C=O) groups is 1. The minimum Gasteiger partial charge on any atom is -0.346 e. The second kappa shape index (κ2) is 4.55. The van der Waals surface area contributed by atoms with Gasteiger partial charge in [0, 0.05) is 5.33 Å². The minimum atomic E-state index is -0.201.